The number of carbonyl (C=O) groups is 2. The molecule has 2 heterocycles. The zero-order valence-electron chi connectivity index (χ0n) is 12.3. The molecule has 1 aromatic rings. The number of carbonyl (C=O) groups excluding carboxylic acids is 1. The highest BCUT2D eigenvalue weighted by Gasteiger charge is 2.46. The number of alkyl halides is 3. The van der Waals surface area contributed by atoms with Gasteiger partial charge in [0.2, 0.25) is 0 Å². The molecule has 124 valence electrons. The lowest BCUT2D eigenvalue weighted by Gasteiger charge is -2.30. The molecule has 1 aromatic carbocycles. The minimum absolute atomic E-state index is 0.0811. The fourth-order valence-electron chi connectivity index (χ4n) is 3.36. The van der Waals surface area contributed by atoms with E-state index in [0.29, 0.717) is 17.5 Å². The molecule has 8 heteroatoms. The molecule has 2 aliphatic heterocycles. The van der Waals surface area contributed by atoms with Crippen molar-refractivity contribution in [3.05, 3.63) is 34.4 Å². The number of nitrogens with one attached hydrogen (secondary N) is 1. The van der Waals surface area contributed by atoms with Gasteiger partial charge in [-0.3, -0.25) is 4.79 Å². The van der Waals surface area contributed by atoms with Gasteiger partial charge in [0.25, 0.3) is 5.91 Å². The second-order valence-electron chi connectivity index (χ2n) is 5.83. The number of carboxylic acid groups (broad SMARTS) is 1. The minimum atomic E-state index is -4.63. The van der Waals surface area contributed by atoms with Gasteiger partial charge >= 0.3 is 12.3 Å². The third-order valence-corrected chi connectivity index (χ3v) is 4.48. The van der Waals surface area contributed by atoms with E-state index in [1.54, 1.807) is 13.0 Å². The van der Waals surface area contributed by atoms with Crippen molar-refractivity contribution in [2.45, 2.75) is 31.5 Å². The van der Waals surface area contributed by atoms with Crippen LogP contribution in [-0.2, 0) is 12.6 Å². The normalized spacial score (nSPS) is 23.3. The van der Waals surface area contributed by atoms with Crippen molar-refractivity contribution in [3.63, 3.8) is 0 Å². The van der Waals surface area contributed by atoms with Crippen LogP contribution in [0.4, 0.5) is 18.0 Å². The van der Waals surface area contributed by atoms with Crippen LogP contribution in [0.15, 0.2) is 12.1 Å². The largest absolute Gasteiger partial charge is 0.465 e. The standard InChI is InChI=1S/C15H15F3N2O3/c1-2-7-3-8-9-5-20(14(22)23)6-11(9)19-13(21)12(8)10(4-7)15(16,17)18/h3-4,9,11H,2,5-6H2,1H3,(H,19,21)(H,22,23). The quantitative estimate of drug-likeness (QED) is 0.832. The van der Waals surface area contributed by atoms with Gasteiger partial charge in [-0.2, -0.15) is 13.2 Å². The van der Waals surface area contributed by atoms with Crippen molar-refractivity contribution in [2.24, 2.45) is 0 Å². The molecule has 2 aliphatic rings. The first-order chi connectivity index (χ1) is 10.7. The molecule has 0 saturated carbocycles. The summed E-state index contributed by atoms with van der Waals surface area (Å²) in [6.07, 6.45) is -5.37. The molecule has 0 radical (unpaired) electrons. The Balaban J connectivity index is 2.16. The maximum atomic E-state index is 13.3. The number of halogens is 3. The van der Waals surface area contributed by atoms with Crippen LogP contribution in [0.5, 0.6) is 0 Å². The number of hydrogen-bond donors (Lipinski definition) is 2. The second-order valence-corrected chi connectivity index (χ2v) is 5.83. The Morgan fingerprint density at radius 2 is 2.09 bits per heavy atom. The van der Waals surface area contributed by atoms with E-state index in [0.717, 1.165) is 11.0 Å². The zero-order valence-corrected chi connectivity index (χ0v) is 12.3. The van der Waals surface area contributed by atoms with E-state index in [9.17, 15) is 22.8 Å². The van der Waals surface area contributed by atoms with Gasteiger partial charge in [0.1, 0.15) is 0 Å². The number of fused-ring (bicyclic) bond motifs is 3. The molecule has 23 heavy (non-hydrogen) atoms. The van der Waals surface area contributed by atoms with E-state index in [2.05, 4.69) is 5.32 Å². The smallest absolute Gasteiger partial charge is 0.417 e. The molecule has 2 unspecified atom stereocenters. The van der Waals surface area contributed by atoms with Crippen LogP contribution in [0.1, 0.15) is 39.9 Å². The molecular formula is C15H15F3N2O3. The number of likely N-dealkylation sites (tertiary alicyclic amines) is 1. The molecule has 0 bridgehead atoms. The number of rotatable bonds is 1. The van der Waals surface area contributed by atoms with Crippen molar-refractivity contribution >= 4 is 12.0 Å². The fourth-order valence-corrected chi connectivity index (χ4v) is 3.36. The number of benzene rings is 1. The van der Waals surface area contributed by atoms with Gasteiger partial charge in [-0.25, -0.2) is 4.79 Å². The lowest BCUT2D eigenvalue weighted by atomic mass is 9.82. The van der Waals surface area contributed by atoms with E-state index < -0.39 is 35.7 Å². The van der Waals surface area contributed by atoms with Gasteiger partial charge in [-0.15, -0.1) is 0 Å². The predicted octanol–water partition coefficient (Wildman–Crippen LogP) is 2.46. The molecule has 1 saturated heterocycles. The van der Waals surface area contributed by atoms with Gasteiger partial charge < -0.3 is 15.3 Å². The van der Waals surface area contributed by atoms with Gasteiger partial charge in [0.05, 0.1) is 17.2 Å². The van der Waals surface area contributed by atoms with Crippen molar-refractivity contribution < 1.29 is 27.9 Å². The molecule has 0 spiro atoms. The van der Waals surface area contributed by atoms with Gasteiger partial charge in [0, 0.05) is 19.0 Å². The first-order valence-corrected chi connectivity index (χ1v) is 7.25. The molecular weight excluding hydrogens is 313 g/mol. The lowest BCUT2D eigenvalue weighted by molar-refractivity contribution is -0.138. The summed E-state index contributed by atoms with van der Waals surface area (Å²) in [6.45, 7) is 1.90. The molecule has 2 amide bonds. The summed E-state index contributed by atoms with van der Waals surface area (Å²) in [5.41, 5.74) is -0.535. The lowest BCUT2D eigenvalue weighted by Crippen LogP contribution is -2.45. The molecule has 5 nitrogen and oxygen atoms in total. The van der Waals surface area contributed by atoms with Crippen LogP contribution in [0.25, 0.3) is 0 Å². The second kappa shape index (κ2) is 5.14. The third kappa shape index (κ3) is 2.51. The van der Waals surface area contributed by atoms with Gasteiger partial charge in [0.15, 0.2) is 0 Å². The average molecular weight is 328 g/mol. The molecule has 2 N–H and O–H groups in total. The summed E-state index contributed by atoms with van der Waals surface area (Å²) in [4.78, 5) is 24.4. The summed E-state index contributed by atoms with van der Waals surface area (Å²) < 4.78 is 40.0. The summed E-state index contributed by atoms with van der Waals surface area (Å²) in [5.74, 6) is -1.24. The van der Waals surface area contributed by atoms with E-state index in [4.69, 9.17) is 5.11 Å². The Bertz CT molecular complexity index is 687. The van der Waals surface area contributed by atoms with Crippen LogP contribution in [0.3, 0.4) is 0 Å². The average Bonchev–Trinajstić information content (AvgIpc) is 2.89. The van der Waals surface area contributed by atoms with Crippen LogP contribution in [0.2, 0.25) is 0 Å². The van der Waals surface area contributed by atoms with E-state index in [-0.39, 0.29) is 18.7 Å². The molecule has 2 atom stereocenters. The Labute approximate surface area is 130 Å². The molecule has 0 aliphatic carbocycles. The Kier molecular flexibility index (Phi) is 3.50. The number of aryl methyl sites for hydroxylation is 1. The highest BCUT2D eigenvalue weighted by molar-refractivity contribution is 5.99. The minimum Gasteiger partial charge on any atom is -0.465 e. The van der Waals surface area contributed by atoms with Gasteiger partial charge in [-0.1, -0.05) is 13.0 Å². The maximum absolute atomic E-state index is 13.3. The third-order valence-electron chi connectivity index (χ3n) is 4.48. The Hall–Kier alpha value is -2.25. The van der Waals surface area contributed by atoms with Crippen molar-refractivity contribution in [1.82, 2.24) is 10.2 Å². The van der Waals surface area contributed by atoms with Crippen LogP contribution >= 0.6 is 0 Å². The molecule has 1 fully saturated rings. The number of nitrogens with zero attached hydrogens (tertiary/aromatic N) is 1. The summed E-state index contributed by atoms with van der Waals surface area (Å²) in [6, 6.07) is 2.12. The van der Waals surface area contributed by atoms with Gasteiger partial charge in [-0.05, 0) is 23.6 Å². The topological polar surface area (TPSA) is 69.6 Å². The molecule has 3 rings (SSSR count). The summed E-state index contributed by atoms with van der Waals surface area (Å²) in [5, 5.41) is 11.6. The SMILES string of the molecule is CCc1cc2c(c(C(F)(F)F)c1)C(=O)NC1CN(C(=O)O)CC21. The summed E-state index contributed by atoms with van der Waals surface area (Å²) in [7, 11) is 0. The predicted molar refractivity (Wildman–Crippen MR) is 74.4 cm³/mol. The Morgan fingerprint density at radius 1 is 1.39 bits per heavy atom. The van der Waals surface area contributed by atoms with Crippen LogP contribution < -0.4 is 5.32 Å². The zero-order chi connectivity index (χ0) is 16.9. The van der Waals surface area contributed by atoms with Crippen molar-refractivity contribution in [3.8, 4) is 0 Å². The highest BCUT2D eigenvalue weighted by Crippen LogP contribution is 2.41. The Morgan fingerprint density at radius 3 is 2.65 bits per heavy atom. The van der Waals surface area contributed by atoms with Crippen molar-refractivity contribution in [2.75, 3.05) is 13.1 Å². The van der Waals surface area contributed by atoms with Crippen molar-refractivity contribution in [1.29, 1.82) is 0 Å². The monoisotopic (exact) mass is 328 g/mol. The highest BCUT2D eigenvalue weighted by atomic mass is 19.4. The first-order valence-electron chi connectivity index (χ1n) is 7.25. The number of hydrogen-bond acceptors (Lipinski definition) is 2. The first kappa shape index (κ1) is 15.6. The van der Waals surface area contributed by atoms with Crippen LogP contribution in [-0.4, -0.2) is 41.1 Å². The van der Waals surface area contributed by atoms with Crippen LogP contribution in [0, 0.1) is 0 Å². The maximum Gasteiger partial charge on any atom is 0.417 e. The fraction of sp³-hybridized carbons (Fsp3) is 0.467. The van der Waals surface area contributed by atoms with E-state index in [1.165, 1.54) is 0 Å². The summed E-state index contributed by atoms with van der Waals surface area (Å²) >= 11 is 0. The van der Waals surface area contributed by atoms with E-state index >= 15 is 0 Å². The van der Waals surface area contributed by atoms with E-state index in [1.807, 2.05) is 0 Å². The number of amides is 2. The molecule has 0 aromatic heterocycles.